The summed E-state index contributed by atoms with van der Waals surface area (Å²) >= 11 is 0. The summed E-state index contributed by atoms with van der Waals surface area (Å²) in [6.45, 7) is 5.72. The molecule has 6 heteroatoms. The van der Waals surface area contributed by atoms with E-state index in [0.717, 1.165) is 78.5 Å². The largest absolute Gasteiger partial charge is 0.493 e. The first kappa shape index (κ1) is 25.1. The molecule has 2 aromatic carbocycles. The Bertz CT molecular complexity index is 1140. The van der Waals surface area contributed by atoms with Crippen molar-refractivity contribution in [1.82, 2.24) is 9.88 Å². The molecule has 2 N–H and O–H groups in total. The van der Waals surface area contributed by atoms with E-state index in [4.69, 9.17) is 9.47 Å². The molecule has 1 aliphatic rings. The molecule has 0 unspecified atom stereocenters. The van der Waals surface area contributed by atoms with E-state index in [1.54, 1.807) is 7.11 Å². The van der Waals surface area contributed by atoms with Gasteiger partial charge in [0.05, 0.1) is 19.8 Å². The number of rotatable bonds is 12. The predicted molar refractivity (Wildman–Crippen MR) is 140 cm³/mol. The summed E-state index contributed by atoms with van der Waals surface area (Å²) in [7, 11) is 1.66. The van der Waals surface area contributed by atoms with Crippen LogP contribution in [-0.4, -0.2) is 47.3 Å². The van der Waals surface area contributed by atoms with E-state index >= 15 is 0 Å². The molecule has 0 amide bonds. The van der Waals surface area contributed by atoms with E-state index in [0.29, 0.717) is 18.8 Å². The smallest absolute Gasteiger partial charge is 0.321 e. The Morgan fingerprint density at radius 2 is 1.83 bits per heavy atom. The van der Waals surface area contributed by atoms with Crippen molar-refractivity contribution in [2.24, 2.45) is 0 Å². The van der Waals surface area contributed by atoms with Crippen LogP contribution >= 0.6 is 0 Å². The quantitative estimate of drug-likeness (QED) is 0.297. The number of hydrogen-bond acceptors (Lipinski definition) is 4. The Morgan fingerprint density at radius 1 is 1.06 bits per heavy atom. The average Bonchev–Trinajstić information content (AvgIpc) is 3.24. The predicted octanol–water partition coefficient (Wildman–Crippen LogP) is 6.34. The van der Waals surface area contributed by atoms with Crippen LogP contribution in [-0.2, 0) is 11.2 Å². The molecule has 3 aromatic rings. The summed E-state index contributed by atoms with van der Waals surface area (Å²) in [5.74, 6) is 0.639. The van der Waals surface area contributed by atoms with Crippen LogP contribution in [0.5, 0.6) is 11.5 Å². The fourth-order valence-corrected chi connectivity index (χ4v) is 5.25. The van der Waals surface area contributed by atoms with Gasteiger partial charge in [0.15, 0.2) is 11.5 Å². The molecule has 1 aromatic heterocycles. The molecule has 0 saturated carbocycles. The van der Waals surface area contributed by atoms with Crippen LogP contribution < -0.4 is 9.47 Å². The molecule has 1 aliphatic heterocycles. The third-order valence-corrected chi connectivity index (χ3v) is 7.06. The van der Waals surface area contributed by atoms with Gasteiger partial charge in [0.1, 0.15) is 6.04 Å². The first-order chi connectivity index (χ1) is 17.1. The number of nitrogens with zero attached hydrogens (tertiary/aromatic N) is 1. The van der Waals surface area contributed by atoms with Gasteiger partial charge < -0.3 is 19.6 Å². The third-order valence-electron chi connectivity index (χ3n) is 7.06. The molecule has 6 nitrogen and oxygen atoms in total. The maximum absolute atomic E-state index is 12.5. The topological polar surface area (TPSA) is 74.8 Å². The lowest BCUT2D eigenvalue weighted by Crippen LogP contribution is -2.49. The van der Waals surface area contributed by atoms with Gasteiger partial charge in [-0.25, -0.2) is 0 Å². The summed E-state index contributed by atoms with van der Waals surface area (Å²) in [6.07, 6.45) is 6.90. The van der Waals surface area contributed by atoms with E-state index < -0.39 is 12.0 Å². The number of benzene rings is 2. The molecule has 35 heavy (non-hydrogen) atoms. The van der Waals surface area contributed by atoms with E-state index in [-0.39, 0.29) is 6.04 Å². The lowest BCUT2D eigenvalue weighted by Gasteiger charge is -2.40. The van der Waals surface area contributed by atoms with Crippen LogP contribution in [0.2, 0.25) is 0 Å². The summed E-state index contributed by atoms with van der Waals surface area (Å²) in [5, 5.41) is 11.4. The van der Waals surface area contributed by atoms with Crippen LogP contribution in [0, 0.1) is 0 Å². The maximum Gasteiger partial charge on any atom is 0.321 e. The first-order valence-electron chi connectivity index (χ1n) is 13.0. The molecule has 0 radical (unpaired) electrons. The zero-order valence-electron chi connectivity index (χ0n) is 21.2. The standard InChI is InChI=1S/C29H38N2O4/c1-4-6-10-16-31-24(29(32)33)19-22-21-12-8-9-13-23(21)30-27(22)28(31)20-14-15-25(26(18-20)34-3)35-17-11-7-5-2/h8-9,12-15,18,24,28,30H,4-7,10-11,16-17,19H2,1-3H3,(H,32,33)/t24-,28-/m0/s1. The molecule has 0 bridgehead atoms. The number of carboxylic acids is 1. The lowest BCUT2D eigenvalue weighted by molar-refractivity contribution is -0.144. The van der Waals surface area contributed by atoms with Crippen molar-refractivity contribution in [1.29, 1.82) is 0 Å². The highest BCUT2D eigenvalue weighted by atomic mass is 16.5. The minimum absolute atomic E-state index is 0.202. The Morgan fingerprint density at radius 3 is 2.57 bits per heavy atom. The number of methoxy groups -OCH3 is 1. The molecule has 2 atom stereocenters. The van der Waals surface area contributed by atoms with Crippen molar-refractivity contribution in [2.75, 3.05) is 20.3 Å². The number of para-hydroxylation sites is 1. The molecule has 0 spiro atoms. The maximum atomic E-state index is 12.5. The molecule has 0 fully saturated rings. The fraction of sp³-hybridized carbons (Fsp3) is 0.483. The Hall–Kier alpha value is -2.99. The second-order valence-corrected chi connectivity index (χ2v) is 9.43. The summed E-state index contributed by atoms with van der Waals surface area (Å²) in [6, 6.07) is 13.4. The van der Waals surface area contributed by atoms with Crippen LogP contribution in [0.4, 0.5) is 0 Å². The van der Waals surface area contributed by atoms with E-state index in [9.17, 15) is 9.90 Å². The van der Waals surface area contributed by atoms with E-state index in [1.807, 2.05) is 24.3 Å². The summed E-state index contributed by atoms with van der Waals surface area (Å²) < 4.78 is 11.7. The minimum atomic E-state index is -0.773. The Balaban J connectivity index is 1.77. The van der Waals surface area contributed by atoms with Gasteiger partial charge in [0.2, 0.25) is 0 Å². The van der Waals surface area contributed by atoms with Gasteiger partial charge in [-0.3, -0.25) is 9.69 Å². The van der Waals surface area contributed by atoms with E-state index in [1.165, 1.54) is 0 Å². The SMILES string of the molecule is CCCCCOc1ccc([C@H]2c3[nH]c4ccccc4c3C[C@@H](C(=O)O)N2CCCCC)cc1OC. The van der Waals surface area contributed by atoms with Gasteiger partial charge in [0.25, 0.3) is 0 Å². The third kappa shape index (κ3) is 5.32. The average molecular weight is 479 g/mol. The zero-order chi connectivity index (χ0) is 24.8. The number of carboxylic acid groups (broad SMARTS) is 1. The van der Waals surface area contributed by atoms with Gasteiger partial charge in [-0.05, 0) is 48.7 Å². The van der Waals surface area contributed by atoms with Gasteiger partial charge in [-0.15, -0.1) is 0 Å². The zero-order valence-corrected chi connectivity index (χ0v) is 21.2. The highest BCUT2D eigenvalue weighted by Crippen LogP contribution is 2.43. The highest BCUT2D eigenvalue weighted by molar-refractivity contribution is 5.87. The first-order valence-corrected chi connectivity index (χ1v) is 13.0. The minimum Gasteiger partial charge on any atom is -0.493 e. The molecular weight excluding hydrogens is 440 g/mol. The van der Waals surface area contributed by atoms with Crippen molar-refractivity contribution < 1.29 is 19.4 Å². The monoisotopic (exact) mass is 478 g/mol. The molecule has 0 saturated heterocycles. The van der Waals surface area contributed by atoms with Gasteiger partial charge >= 0.3 is 5.97 Å². The van der Waals surface area contributed by atoms with Crippen molar-refractivity contribution in [3.8, 4) is 11.5 Å². The fourth-order valence-electron chi connectivity index (χ4n) is 5.25. The Labute approximate surface area is 208 Å². The molecule has 0 aliphatic carbocycles. The van der Waals surface area contributed by atoms with Crippen molar-refractivity contribution in [3.05, 3.63) is 59.3 Å². The number of fused-ring (bicyclic) bond motifs is 3. The van der Waals surface area contributed by atoms with Crippen molar-refractivity contribution in [2.45, 2.75) is 70.9 Å². The van der Waals surface area contributed by atoms with Crippen molar-refractivity contribution >= 4 is 16.9 Å². The van der Waals surface area contributed by atoms with E-state index in [2.05, 4.69) is 41.9 Å². The van der Waals surface area contributed by atoms with Crippen molar-refractivity contribution in [3.63, 3.8) is 0 Å². The Kier molecular flexibility index (Phi) is 8.34. The van der Waals surface area contributed by atoms with Crippen LogP contribution in [0.25, 0.3) is 10.9 Å². The van der Waals surface area contributed by atoms with Gasteiger partial charge in [-0.1, -0.05) is 63.8 Å². The highest BCUT2D eigenvalue weighted by Gasteiger charge is 2.40. The number of aromatic amines is 1. The summed E-state index contributed by atoms with van der Waals surface area (Å²) in [4.78, 5) is 18.3. The number of aromatic nitrogens is 1. The van der Waals surface area contributed by atoms with Crippen LogP contribution in [0.15, 0.2) is 42.5 Å². The van der Waals surface area contributed by atoms with Gasteiger partial charge in [-0.2, -0.15) is 0 Å². The van der Waals surface area contributed by atoms with Gasteiger partial charge in [0, 0.05) is 23.0 Å². The second kappa shape index (κ2) is 11.6. The molecule has 188 valence electrons. The summed E-state index contributed by atoms with van der Waals surface area (Å²) in [5.41, 5.74) is 4.24. The number of H-pyrrole nitrogens is 1. The van der Waals surface area contributed by atoms with Crippen LogP contribution in [0.1, 0.15) is 75.2 Å². The second-order valence-electron chi connectivity index (χ2n) is 9.43. The lowest BCUT2D eigenvalue weighted by atomic mass is 9.87. The number of carbonyl (C=O) groups is 1. The molecule has 2 heterocycles. The number of nitrogens with one attached hydrogen (secondary N) is 1. The number of unbranched alkanes of at least 4 members (excludes halogenated alkanes) is 4. The van der Waals surface area contributed by atoms with Crippen LogP contribution in [0.3, 0.4) is 0 Å². The number of hydrogen-bond donors (Lipinski definition) is 2. The molecule has 4 rings (SSSR count). The normalized spacial score (nSPS) is 17.9. The number of aliphatic carboxylic acids is 1. The molecular formula is C29H38N2O4. The number of ether oxygens (including phenoxy) is 2.